The summed E-state index contributed by atoms with van der Waals surface area (Å²) in [6, 6.07) is 0. The van der Waals surface area contributed by atoms with Crippen LogP contribution < -0.4 is 0 Å². The lowest BCUT2D eigenvalue weighted by atomic mass is 10.3. The maximum atomic E-state index is 11.1. The van der Waals surface area contributed by atoms with Crippen LogP contribution >= 0.6 is 0 Å². The molecule has 1 saturated heterocycles. The van der Waals surface area contributed by atoms with Gasteiger partial charge in [0.15, 0.2) is 0 Å². The highest BCUT2D eigenvalue weighted by atomic mass is 16.2. The van der Waals surface area contributed by atoms with E-state index in [1.165, 1.54) is 0 Å². The van der Waals surface area contributed by atoms with Crippen molar-refractivity contribution < 1.29 is 4.79 Å². The van der Waals surface area contributed by atoms with E-state index in [1.54, 1.807) is 13.0 Å². The number of amides is 1. The third kappa shape index (κ3) is 2.94. The van der Waals surface area contributed by atoms with Crippen LogP contribution in [0.1, 0.15) is 6.92 Å². The largest absolute Gasteiger partial charge is 0.353 e. The topological polar surface area (TPSA) is 35.9 Å². The van der Waals surface area contributed by atoms with Crippen LogP contribution in [0.3, 0.4) is 0 Å². The second-order valence-electron chi connectivity index (χ2n) is 3.41. The lowest BCUT2D eigenvalue weighted by Crippen LogP contribution is -2.47. The molecule has 0 radical (unpaired) electrons. The summed E-state index contributed by atoms with van der Waals surface area (Å²) in [6.07, 6.45) is 3.53. The Morgan fingerprint density at radius 1 is 1.27 bits per heavy atom. The molecule has 82 valence electrons. The van der Waals surface area contributed by atoms with Gasteiger partial charge in [-0.25, -0.2) is 4.99 Å². The van der Waals surface area contributed by atoms with Gasteiger partial charge in [0.1, 0.15) is 5.82 Å². The van der Waals surface area contributed by atoms with Crippen LogP contribution in [0.4, 0.5) is 0 Å². The minimum Gasteiger partial charge on any atom is -0.353 e. The van der Waals surface area contributed by atoms with E-state index in [-0.39, 0.29) is 5.91 Å². The first-order chi connectivity index (χ1) is 7.19. The van der Waals surface area contributed by atoms with Crippen molar-refractivity contribution >= 4 is 12.6 Å². The lowest BCUT2D eigenvalue weighted by Gasteiger charge is -2.35. The van der Waals surface area contributed by atoms with E-state index in [1.807, 2.05) is 11.0 Å². The maximum Gasteiger partial charge on any atom is 0.219 e. The van der Waals surface area contributed by atoms with Gasteiger partial charge in [0.25, 0.3) is 0 Å². The van der Waals surface area contributed by atoms with Crippen LogP contribution in [0.5, 0.6) is 0 Å². The van der Waals surface area contributed by atoms with Crippen molar-refractivity contribution in [2.75, 3.05) is 26.2 Å². The number of aliphatic imine (C=N–C) groups is 1. The predicted molar refractivity (Wildman–Crippen MR) is 61.7 cm³/mol. The minimum atomic E-state index is 0.135. The van der Waals surface area contributed by atoms with E-state index >= 15 is 0 Å². The summed E-state index contributed by atoms with van der Waals surface area (Å²) in [5.74, 6) is 0.962. The lowest BCUT2D eigenvalue weighted by molar-refractivity contribution is -0.130. The van der Waals surface area contributed by atoms with Gasteiger partial charge in [-0.05, 0) is 12.8 Å². The molecule has 0 atom stereocenters. The van der Waals surface area contributed by atoms with Gasteiger partial charge in [0.2, 0.25) is 5.91 Å². The van der Waals surface area contributed by atoms with E-state index in [4.69, 9.17) is 0 Å². The minimum absolute atomic E-state index is 0.135. The third-order valence-corrected chi connectivity index (χ3v) is 2.48. The maximum absolute atomic E-state index is 11.1. The molecule has 1 aliphatic heterocycles. The molecular weight excluding hydrogens is 190 g/mol. The first-order valence-electron chi connectivity index (χ1n) is 4.99. The highest BCUT2D eigenvalue weighted by Crippen LogP contribution is 2.10. The van der Waals surface area contributed by atoms with Crippen molar-refractivity contribution in [1.82, 2.24) is 9.80 Å². The number of hydrogen-bond acceptors (Lipinski definition) is 3. The monoisotopic (exact) mass is 207 g/mol. The Morgan fingerprint density at radius 3 is 2.20 bits per heavy atom. The molecule has 4 nitrogen and oxygen atoms in total. The molecule has 0 N–H and O–H groups in total. The Bertz CT molecular complexity index is 288. The van der Waals surface area contributed by atoms with Gasteiger partial charge >= 0.3 is 0 Å². The fraction of sp³-hybridized carbons (Fsp3) is 0.455. The van der Waals surface area contributed by atoms with Crippen molar-refractivity contribution in [3.8, 4) is 0 Å². The van der Waals surface area contributed by atoms with Crippen LogP contribution in [-0.4, -0.2) is 48.6 Å². The first kappa shape index (κ1) is 11.5. The quantitative estimate of drug-likeness (QED) is 0.508. The molecule has 0 aromatic rings. The summed E-state index contributed by atoms with van der Waals surface area (Å²) >= 11 is 0. The fourth-order valence-electron chi connectivity index (χ4n) is 1.61. The Balaban J connectivity index is 2.56. The highest BCUT2D eigenvalue weighted by Gasteiger charge is 2.19. The third-order valence-electron chi connectivity index (χ3n) is 2.48. The molecule has 0 saturated carbocycles. The summed E-state index contributed by atoms with van der Waals surface area (Å²) in [6.45, 7) is 11.9. The van der Waals surface area contributed by atoms with Gasteiger partial charge in [-0.1, -0.05) is 12.7 Å². The number of piperazine rings is 1. The molecule has 0 aromatic heterocycles. The predicted octanol–water partition coefficient (Wildman–Crippen LogP) is 0.879. The normalized spacial score (nSPS) is 17.5. The van der Waals surface area contributed by atoms with Crippen molar-refractivity contribution in [2.24, 2.45) is 4.99 Å². The van der Waals surface area contributed by atoms with E-state index in [2.05, 4.69) is 23.2 Å². The molecular formula is C11H17N3O. The van der Waals surface area contributed by atoms with Crippen LogP contribution in [0.15, 0.2) is 29.5 Å². The first-order valence-corrected chi connectivity index (χ1v) is 4.99. The standard InChI is InChI=1S/C11H17N3O/c1-4-5-11(12-3)14-8-6-13(7-9-14)10(2)15/h4-5H,1,3,6-9H2,2H3/b11-5+. The zero-order chi connectivity index (χ0) is 11.3. The second kappa shape index (κ2) is 5.34. The van der Waals surface area contributed by atoms with Gasteiger partial charge in [-0.15, -0.1) is 0 Å². The zero-order valence-electron chi connectivity index (χ0n) is 9.15. The van der Waals surface area contributed by atoms with Crippen LogP contribution in [0.2, 0.25) is 0 Å². The summed E-state index contributed by atoms with van der Waals surface area (Å²) in [5, 5.41) is 0. The molecule has 1 fully saturated rings. The van der Waals surface area contributed by atoms with Crippen LogP contribution in [0.25, 0.3) is 0 Å². The number of allylic oxidation sites excluding steroid dienone is 2. The van der Waals surface area contributed by atoms with E-state index in [9.17, 15) is 4.79 Å². The van der Waals surface area contributed by atoms with E-state index in [0.717, 1.165) is 32.0 Å². The number of nitrogens with zero attached hydrogens (tertiary/aromatic N) is 3. The number of hydrogen-bond donors (Lipinski definition) is 0. The Morgan fingerprint density at radius 2 is 1.80 bits per heavy atom. The smallest absolute Gasteiger partial charge is 0.219 e. The zero-order valence-corrected chi connectivity index (χ0v) is 9.15. The molecule has 4 heteroatoms. The number of rotatable bonds is 3. The molecule has 0 unspecified atom stereocenters. The molecule has 1 amide bonds. The Kier molecular flexibility index (Phi) is 4.09. The van der Waals surface area contributed by atoms with Crippen LogP contribution in [-0.2, 0) is 4.79 Å². The van der Waals surface area contributed by atoms with Crippen molar-refractivity contribution in [2.45, 2.75) is 6.92 Å². The van der Waals surface area contributed by atoms with Crippen molar-refractivity contribution in [3.63, 3.8) is 0 Å². The van der Waals surface area contributed by atoms with Gasteiger partial charge in [0, 0.05) is 33.1 Å². The van der Waals surface area contributed by atoms with E-state index in [0.29, 0.717) is 0 Å². The van der Waals surface area contributed by atoms with Gasteiger partial charge in [-0.3, -0.25) is 4.79 Å². The fourth-order valence-corrected chi connectivity index (χ4v) is 1.61. The Hall–Kier alpha value is -1.58. The molecule has 1 aliphatic rings. The summed E-state index contributed by atoms with van der Waals surface area (Å²) in [5.41, 5.74) is 0. The summed E-state index contributed by atoms with van der Waals surface area (Å²) in [4.78, 5) is 19.0. The van der Waals surface area contributed by atoms with Gasteiger partial charge in [0.05, 0.1) is 0 Å². The van der Waals surface area contributed by atoms with Crippen molar-refractivity contribution in [3.05, 3.63) is 24.6 Å². The van der Waals surface area contributed by atoms with E-state index < -0.39 is 0 Å². The molecule has 1 rings (SSSR count). The second-order valence-corrected chi connectivity index (χ2v) is 3.41. The molecule has 15 heavy (non-hydrogen) atoms. The van der Waals surface area contributed by atoms with Gasteiger partial charge < -0.3 is 9.80 Å². The highest BCUT2D eigenvalue weighted by molar-refractivity contribution is 5.73. The molecule has 0 aromatic carbocycles. The molecule has 0 aliphatic carbocycles. The average molecular weight is 207 g/mol. The van der Waals surface area contributed by atoms with Crippen LogP contribution in [0, 0.1) is 0 Å². The average Bonchev–Trinajstić information content (AvgIpc) is 2.26. The van der Waals surface area contributed by atoms with Crippen molar-refractivity contribution in [1.29, 1.82) is 0 Å². The van der Waals surface area contributed by atoms with Gasteiger partial charge in [-0.2, -0.15) is 0 Å². The summed E-state index contributed by atoms with van der Waals surface area (Å²) < 4.78 is 0. The number of carbonyl (C=O) groups excluding carboxylic acids is 1. The number of carbonyl (C=O) groups is 1. The molecule has 0 spiro atoms. The molecule has 0 bridgehead atoms. The Labute approximate surface area is 90.6 Å². The molecule has 1 heterocycles. The SMILES string of the molecule is C=C/C=C(\N=C)N1CCN(C(C)=O)CC1. The summed E-state index contributed by atoms with van der Waals surface area (Å²) in [7, 11) is 0.